The normalized spacial score (nSPS) is 20.8. The van der Waals surface area contributed by atoms with Crippen LogP contribution in [0.3, 0.4) is 0 Å². The van der Waals surface area contributed by atoms with Crippen LogP contribution in [0.5, 0.6) is 0 Å². The largest absolute Gasteiger partial charge is 0.372 e. The molecule has 1 aliphatic carbocycles. The van der Waals surface area contributed by atoms with Gasteiger partial charge in [0.05, 0.1) is 23.0 Å². The summed E-state index contributed by atoms with van der Waals surface area (Å²) in [4.78, 5) is 19.4. The second kappa shape index (κ2) is 7.22. The van der Waals surface area contributed by atoms with Gasteiger partial charge in [-0.1, -0.05) is 20.8 Å². The molecule has 24 heavy (non-hydrogen) atoms. The first kappa shape index (κ1) is 18.9. The van der Waals surface area contributed by atoms with E-state index in [9.17, 15) is 4.79 Å². The van der Waals surface area contributed by atoms with E-state index in [4.69, 9.17) is 4.74 Å². The van der Waals surface area contributed by atoms with Gasteiger partial charge in [0.15, 0.2) is 0 Å². The van der Waals surface area contributed by atoms with E-state index in [1.165, 1.54) is 0 Å². The van der Waals surface area contributed by atoms with Crippen molar-refractivity contribution in [1.29, 1.82) is 0 Å². The van der Waals surface area contributed by atoms with E-state index in [-0.39, 0.29) is 23.7 Å². The number of carbonyl (C=O) groups excluding carboxylic acids is 1. The van der Waals surface area contributed by atoms with Gasteiger partial charge in [-0.2, -0.15) is 0 Å². The summed E-state index contributed by atoms with van der Waals surface area (Å²) < 4.78 is 5.98. The Hall–Kier alpha value is -1.42. The lowest BCUT2D eigenvalue weighted by atomic mass is 9.87. The molecule has 0 aliphatic heterocycles. The molecular weight excluding hydrogens is 300 g/mol. The predicted octanol–water partition coefficient (Wildman–Crippen LogP) is 4.19. The first-order chi connectivity index (χ1) is 11.1. The zero-order valence-electron chi connectivity index (χ0n) is 16.2. The number of ether oxygens (including phenoxy) is 1. The van der Waals surface area contributed by atoms with Crippen molar-refractivity contribution in [2.24, 2.45) is 0 Å². The third kappa shape index (κ3) is 4.35. The highest BCUT2D eigenvalue weighted by Gasteiger charge is 2.37. The molecule has 1 aromatic heterocycles. The van der Waals surface area contributed by atoms with E-state index in [0.29, 0.717) is 5.92 Å². The van der Waals surface area contributed by atoms with Crippen LogP contribution < -0.4 is 0 Å². The molecule has 1 fully saturated rings. The molecule has 0 unspecified atom stereocenters. The standard InChI is InChI=1S/C20H32N2O2/c1-8-17-16(9-10-18(21-17)13(2)3)19(23)22(7)14-11-15(12-14)24-20(4,5)6/h9-10,13-15H,8,11-12H2,1-7H3. The van der Waals surface area contributed by atoms with Crippen molar-refractivity contribution >= 4 is 5.91 Å². The molecule has 0 atom stereocenters. The number of nitrogens with zero attached hydrogens (tertiary/aromatic N) is 2. The van der Waals surface area contributed by atoms with E-state index < -0.39 is 0 Å². The molecule has 0 spiro atoms. The minimum Gasteiger partial charge on any atom is -0.372 e. The van der Waals surface area contributed by atoms with Crippen LogP contribution in [-0.2, 0) is 11.2 Å². The summed E-state index contributed by atoms with van der Waals surface area (Å²) in [6, 6.07) is 4.19. The Morgan fingerprint density at radius 1 is 1.33 bits per heavy atom. The lowest BCUT2D eigenvalue weighted by Gasteiger charge is -2.43. The maximum atomic E-state index is 12.9. The van der Waals surface area contributed by atoms with Crippen molar-refractivity contribution < 1.29 is 9.53 Å². The van der Waals surface area contributed by atoms with Gasteiger partial charge in [-0.05, 0) is 58.1 Å². The Morgan fingerprint density at radius 3 is 2.46 bits per heavy atom. The third-order valence-electron chi connectivity index (χ3n) is 4.61. The summed E-state index contributed by atoms with van der Waals surface area (Å²) in [6.45, 7) is 12.5. The molecule has 1 amide bonds. The molecule has 4 heteroatoms. The fraction of sp³-hybridized carbons (Fsp3) is 0.700. The van der Waals surface area contributed by atoms with E-state index in [1.54, 1.807) is 0 Å². The van der Waals surface area contributed by atoms with Gasteiger partial charge in [0.25, 0.3) is 5.91 Å². The maximum Gasteiger partial charge on any atom is 0.255 e. The van der Waals surface area contributed by atoms with Gasteiger partial charge >= 0.3 is 0 Å². The lowest BCUT2D eigenvalue weighted by Crippen LogP contribution is -2.50. The van der Waals surface area contributed by atoms with Crippen LogP contribution in [0, 0.1) is 0 Å². The molecule has 1 aromatic rings. The number of hydrogen-bond donors (Lipinski definition) is 0. The zero-order valence-corrected chi connectivity index (χ0v) is 16.2. The van der Waals surface area contributed by atoms with Crippen molar-refractivity contribution in [3.8, 4) is 0 Å². The van der Waals surface area contributed by atoms with Crippen LogP contribution in [0.1, 0.15) is 82.0 Å². The summed E-state index contributed by atoms with van der Waals surface area (Å²) in [7, 11) is 1.90. The number of carbonyl (C=O) groups is 1. The number of aryl methyl sites for hydroxylation is 1. The van der Waals surface area contributed by atoms with E-state index >= 15 is 0 Å². The molecule has 134 valence electrons. The van der Waals surface area contributed by atoms with Gasteiger partial charge in [0, 0.05) is 18.8 Å². The molecule has 0 bridgehead atoms. The van der Waals surface area contributed by atoms with Gasteiger partial charge in [-0.3, -0.25) is 9.78 Å². The van der Waals surface area contributed by atoms with Crippen LogP contribution in [0.2, 0.25) is 0 Å². The summed E-state index contributed by atoms with van der Waals surface area (Å²) in [5.41, 5.74) is 2.57. The molecular formula is C20H32N2O2. The van der Waals surface area contributed by atoms with Gasteiger partial charge in [-0.25, -0.2) is 0 Å². The first-order valence-electron chi connectivity index (χ1n) is 9.07. The minimum absolute atomic E-state index is 0.0777. The van der Waals surface area contributed by atoms with Crippen LogP contribution in [-0.4, -0.2) is 40.6 Å². The van der Waals surface area contributed by atoms with Crippen LogP contribution >= 0.6 is 0 Å². The van der Waals surface area contributed by atoms with Crippen LogP contribution in [0.15, 0.2) is 12.1 Å². The number of amides is 1. The van der Waals surface area contributed by atoms with Crippen molar-refractivity contribution in [1.82, 2.24) is 9.88 Å². The van der Waals surface area contributed by atoms with Crippen molar-refractivity contribution in [2.75, 3.05) is 7.05 Å². The summed E-state index contributed by atoms with van der Waals surface area (Å²) in [6.07, 6.45) is 2.87. The Kier molecular flexibility index (Phi) is 5.69. The highest BCUT2D eigenvalue weighted by atomic mass is 16.5. The zero-order chi connectivity index (χ0) is 18.1. The predicted molar refractivity (Wildman–Crippen MR) is 97.4 cm³/mol. The lowest BCUT2D eigenvalue weighted by molar-refractivity contribution is -0.113. The first-order valence-corrected chi connectivity index (χ1v) is 9.07. The van der Waals surface area contributed by atoms with Gasteiger partial charge < -0.3 is 9.64 Å². The van der Waals surface area contributed by atoms with E-state index in [1.807, 2.05) is 24.1 Å². The molecule has 0 radical (unpaired) electrons. The fourth-order valence-electron chi connectivity index (χ4n) is 3.11. The average molecular weight is 332 g/mol. The molecule has 1 saturated carbocycles. The molecule has 1 heterocycles. The summed E-state index contributed by atoms with van der Waals surface area (Å²) >= 11 is 0. The summed E-state index contributed by atoms with van der Waals surface area (Å²) in [5, 5.41) is 0. The van der Waals surface area contributed by atoms with E-state index in [2.05, 4.69) is 46.5 Å². The highest BCUT2D eigenvalue weighted by molar-refractivity contribution is 5.95. The van der Waals surface area contributed by atoms with Crippen molar-refractivity contribution in [3.05, 3.63) is 29.1 Å². The van der Waals surface area contributed by atoms with E-state index in [0.717, 1.165) is 36.2 Å². The second-order valence-electron chi connectivity index (χ2n) is 8.13. The Morgan fingerprint density at radius 2 is 1.96 bits per heavy atom. The Balaban J connectivity index is 2.04. The Labute approximate surface area is 146 Å². The van der Waals surface area contributed by atoms with Gasteiger partial charge in [-0.15, -0.1) is 0 Å². The molecule has 0 saturated heterocycles. The Bertz CT molecular complexity index is 584. The molecule has 0 aromatic carbocycles. The minimum atomic E-state index is -0.121. The number of pyridine rings is 1. The second-order valence-corrected chi connectivity index (χ2v) is 8.13. The van der Waals surface area contributed by atoms with Gasteiger partial charge in [0.2, 0.25) is 0 Å². The molecule has 2 rings (SSSR count). The highest BCUT2D eigenvalue weighted by Crippen LogP contribution is 2.31. The SMILES string of the molecule is CCc1nc(C(C)C)ccc1C(=O)N(C)C1CC(OC(C)(C)C)C1. The van der Waals surface area contributed by atoms with Crippen molar-refractivity contribution in [3.63, 3.8) is 0 Å². The van der Waals surface area contributed by atoms with Crippen LogP contribution in [0.4, 0.5) is 0 Å². The monoisotopic (exact) mass is 332 g/mol. The quantitative estimate of drug-likeness (QED) is 0.812. The topological polar surface area (TPSA) is 42.4 Å². The molecule has 1 aliphatic rings. The maximum absolute atomic E-state index is 12.9. The summed E-state index contributed by atoms with van der Waals surface area (Å²) in [5.74, 6) is 0.452. The fourth-order valence-corrected chi connectivity index (χ4v) is 3.11. The number of rotatable bonds is 5. The third-order valence-corrected chi connectivity index (χ3v) is 4.61. The van der Waals surface area contributed by atoms with Crippen LogP contribution in [0.25, 0.3) is 0 Å². The molecule has 0 N–H and O–H groups in total. The number of hydrogen-bond acceptors (Lipinski definition) is 3. The molecule has 4 nitrogen and oxygen atoms in total. The van der Waals surface area contributed by atoms with Gasteiger partial charge in [0.1, 0.15) is 0 Å². The smallest absolute Gasteiger partial charge is 0.255 e. The average Bonchev–Trinajstić information content (AvgIpc) is 2.47. The van der Waals surface area contributed by atoms with Crippen molar-refractivity contribution in [2.45, 2.75) is 84.5 Å². The number of aromatic nitrogens is 1.